The first-order chi connectivity index (χ1) is 12.3. The van der Waals surface area contributed by atoms with E-state index in [1.165, 1.54) is 25.7 Å². The molecule has 2 N–H and O–H groups in total. The van der Waals surface area contributed by atoms with Crippen LogP contribution in [0.3, 0.4) is 0 Å². The number of halogens is 1. The van der Waals surface area contributed by atoms with Gasteiger partial charge in [-0.25, -0.2) is 4.99 Å². The van der Waals surface area contributed by atoms with E-state index in [0.29, 0.717) is 30.0 Å². The van der Waals surface area contributed by atoms with Crippen LogP contribution in [0.15, 0.2) is 4.99 Å². The molecule has 2 aliphatic carbocycles. The Bertz CT molecular complexity index is 552. The monoisotopic (exact) mass is 492 g/mol. The number of nitrogens with zero attached hydrogens (tertiary/aromatic N) is 2. The molecule has 156 valence electrons. The number of hydrogen-bond donors (Lipinski definition) is 2. The van der Waals surface area contributed by atoms with Crippen molar-refractivity contribution in [1.29, 1.82) is 0 Å². The Labute approximate surface area is 181 Å². The average molecular weight is 492 g/mol. The van der Waals surface area contributed by atoms with Gasteiger partial charge in [-0.2, -0.15) is 0 Å². The number of ether oxygens (including phenoxy) is 1. The standard InChI is InChI=1S/C20H36N4O2.HI/c1-13-8-6-7-9-15(13)22-19(21-12-16(25)24(4)5)23-17-14-10-11-26-18(14)20(17,2)3;/h13-15,17-18H,6-12H2,1-5H3,(H2,21,22,23);1H. The van der Waals surface area contributed by atoms with Crippen molar-refractivity contribution >= 4 is 35.8 Å². The zero-order chi connectivity index (χ0) is 18.9. The molecule has 7 heteroatoms. The van der Waals surface area contributed by atoms with E-state index >= 15 is 0 Å². The molecule has 0 aromatic carbocycles. The van der Waals surface area contributed by atoms with Gasteiger partial charge in [0, 0.05) is 44.1 Å². The molecule has 2 saturated carbocycles. The molecule has 0 aromatic rings. The van der Waals surface area contributed by atoms with Crippen LogP contribution in [0.5, 0.6) is 0 Å². The van der Waals surface area contributed by atoms with Gasteiger partial charge in [0.2, 0.25) is 5.91 Å². The minimum atomic E-state index is 0. The lowest BCUT2D eigenvalue weighted by molar-refractivity contribution is -0.127. The maximum Gasteiger partial charge on any atom is 0.243 e. The number of hydrogen-bond acceptors (Lipinski definition) is 3. The molecule has 5 unspecified atom stereocenters. The van der Waals surface area contributed by atoms with Crippen molar-refractivity contribution in [2.24, 2.45) is 22.2 Å². The maximum absolute atomic E-state index is 12.0. The van der Waals surface area contributed by atoms with Crippen molar-refractivity contribution in [3.63, 3.8) is 0 Å². The van der Waals surface area contributed by atoms with Crippen LogP contribution in [0.25, 0.3) is 0 Å². The van der Waals surface area contributed by atoms with Gasteiger partial charge in [-0.1, -0.05) is 33.6 Å². The summed E-state index contributed by atoms with van der Waals surface area (Å²) in [5, 5.41) is 7.31. The van der Waals surface area contributed by atoms with Crippen molar-refractivity contribution in [3.8, 4) is 0 Å². The SMILES string of the molecule is CC1CCCCC1NC(=NCC(=O)N(C)C)NC1C2CCOC2C1(C)C.I. The predicted octanol–water partition coefficient (Wildman–Crippen LogP) is 2.62. The van der Waals surface area contributed by atoms with Gasteiger partial charge in [-0.15, -0.1) is 24.0 Å². The fourth-order valence-electron chi connectivity index (χ4n) is 4.89. The molecular weight excluding hydrogens is 455 g/mol. The van der Waals surface area contributed by atoms with E-state index in [9.17, 15) is 4.79 Å². The number of carbonyl (C=O) groups excluding carboxylic acids is 1. The number of amides is 1. The largest absolute Gasteiger partial charge is 0.377 e. The number of nitrogens with one attached hydrogen (secondary N) is 2. The lowest BCUT2D eigenvalue weighted by atomic mass is 9.57. The van der Waals surface area contributed by atoms with Gasteiger partial charge in [0.15, 0.2) is 5.96 Å². The summed E-state index contributed by atoms with van der Waals surface area (Å²) < 4.78 is 5.91. The molecule has 0 spiro atoms. The van der Waals surface area contributed by atoms with Crippen LogP contribution < -0.4 is 10.6 Å². The minimum absolute atomic E-state index is 0. The topological polar surface area (TPSA) is 66.0 Å². The van der Waals surface area contributed by atoms with Gasteiger partial charge in [-0.3, -0.25) is 4.79 Å². The Morgan fingerprint density at radius 2 is 1.89 bits per heavy atom. The second-order valence-corrected chi connectivity index (χ2v) is 9.15. The molecule has 3 aliphatic rings. The second-order valence-electron chi connectivity index (χ2n) is 9.15. The average Bonchev–Trinajstić information content (AvgIpc) is 3.05. The summed E-state index contributed by atoms with van der Waals surface area (Å²) in [7, 11) is 3.55. The maximum atomic E-state index is 12.0. The molecule has 1 amide bonds. The van der Waals surface area contributed by atoms with Crippen LogP contribution in [0.4, 0.5) is 0 Å². The van der Waals surface area contributed by atoms with E-state index in [2.05, 4.69) is 36.4 Å². The lowest BCUT2D eigenvalue weighted by Gasteiger charge is -2.55. The van der Waals surface area contributed by atoms with Crippen molar-refractivity contribution in [2.45, 2.75) is 71.1 Å². The molecular formula is C20H37IN4O2. The lowest BCUT2D eigenvalue weighted by Crippen LogP contribution is -2.68. The van der Waals surface area contributed by atoms with E-state index in [1.54, 1.807) is 19.0 Å². The first-order valence-corrected chi connectivity index (χ1v) is 10.2. The molecule has 3 rings (SSSR count). The molecule has 5 atom stereocenters. The highest BCUT2D eigenvalue weighted by atomic mass is 127. The molecule has 1 aliphatic heterocycles. The number of fused-ring (bicyclic) bond motifs is 1. The summed E-state index contributed by atoms with van der Waals surface area (Å²) in [4.78, 5) is 18.3. The molecule has 3 fully saturated rings. The number of rotatable bonds is 4. The normalized spacial score (nSPS) is 34.7. The van der Waals surface area contributed by atoms with Gasteiger partial charge in [0.25, 0.3) is 0 Å². The quantitative estimate of drug-likeness (QED) is 0.360. The minimum Gasteiger partial charge on any atom is -0.377 e. The van der Waals surface area contributed by atoms with Crippen LogP contribution in [0.1, 0.15) is 52.9 Å². The van der Waals surface area contributed by atoms with E-state index in [0.717, 1.165) is 19.0 Å². The van der Waals surface area contributed by atoms with Crippen molar-refractivity contribution < 1.29 is 9.53 Å². The van der Waals surface area contributed by atoms with E-state index < -0.39 is 0 Å². The van der Waals surface area contributed by atoms with E-state index in [1.807, 2.05) is 0 Å². The Morgan fingerprint density at radius 3 is 2.56 bits per heavy atom. The van der Waals surface area contributed by atoms with Crippen LogP contribution >= 0.6 is 24.0 Å². The fourth-order valence-corrected chi connectivity index (χ4v) is 4.89. The van der Waals surface area contributed by atoms with Crippen molar-refractivity contribution in [1.82, 2.24) is 15.5 Å². The van der Waals surface area contributed by atoms with Crippen LogP contribution in [-0.2, 0) is 9.53 Å². The summed E-state index contributed by atoms with van der Waals surface area (Å²) in [6, 6.07) is 0.776. The molecule has 0 radical (unpaired) electrons. The highest BCUT2D eigenvalue weighted by Crippen LogP contribution is 2.52. The van der Waals surface area contributed by atoms with Crippen LogP contribution in [0, 0.1) is 17.3 Å². The van der Waals surface area contributed by atoms with Gasteiger partial charge in [0.1, 0.15) is 6.54 Å². The third-order valence-electron chi connectivity index (χ3n) is 6.70. The first-order valence-electron chi connectivity index (χ1n) is 10.2. The number of likely N-dealkylation sites (N-methyl/N-ethyl adjacent to an activating group) is 1. The molecule has 1 saturated heterocycles. The summed E-state index contributed by atoms with van der Waals surface area (Å²) in [6.07, 6.45) is 6.46. The Balaban J connectivity index is 0.00000261. The molecule has 0 aromatic heterocycles. The Morgan fingerprint density at radius 1 is 1.19 bits per heavy atom. The number of aliphatic imine (C=N–C) groups is 1. The second kappa shape index (κ2) is 9.29. The van der Waals surface area contributed by atoms with E-state index in [-0.39, 0.29) is 41.8 Å². The fraction of sp³-hybridized carbons (Fsp3) is 0.900. The van der Waals surface area contributed by atoms with Crippen LogP contribution in [-0.4, -0.2) is 62.2 Å². The summed E-state index contributed by atoms with van der Waals surface area (Å²) >= 11 is 0. The number of carbonyl (C=O) groups is 1. The zero-order valence-corrected chi connectivity index (χ0v) is 19.8. The smallest absolute Gasteiger partial charge is 0.243 e. The van der Waals surface area contributed by atoms with Crippen molar-refractivity contribution in [2.75, 3.05) is 27.2 Å². The van der Waals surface area contributed by atoms with Gasteiger partial charge in [-0.05, 0) is 25.2 Å². The summed E-state index contributed by atoms with van der Waals surface area (Å²) in [5.41, 5.74) is 0.0906. The molecule has 0 bridgehead atoms. The Hall–Kier alpha value is -0.570. The molecule has 1 heterocycles. The van der Waals surface area contributed by atoms with Crippen LogP contribution in [0.2, 0.25) is 0 Å². The number of guanidine groups is 1. The highest BCUT2D eigenvalue weighted by molar-refractivity contribution is 14.0. The molecule has 6 nitrogen and oxygen atoms in total. The summed E-state index contributed by atoms with van der Waals surface area (Å²) in [6.45, 7) is 7.89. The van der Waals surface area contributed by atoms with Gasteiger partial charge in [0.05, 0.1) is 6.10 Å². The Kier molecular flexibility index (Phi) is 7.81. The van der Waals surface area contributed by atoms with Gasteiger partial charge >= 0.3 is 0 Å². The first kappa shape index (κ1) is 22.7. The predicted molar refractivity (Wildman–Crippen MR) is 120 cm³/mol. The molecule has 27 heavy (non-hydrogen) atoms. The third-order valence-corrected chi connectivity index (χ3v) is 6.70. The van der Waals surface area contributed by atoms with Gasteiger partial charge < -0.3 is 20.3 Å². The zero-order valence-electron chi connectivity index (χ0n) is 17.5. The highest BCUT2D eigenvalue weighted by Gasteiger charge is 2.59. The third kappa shape index (κ3) is 4.89. The van der Waals surface area contributed by atoms with E-state index in [4.69, 9.17) is 4.74 Å². The van der Waals surface area contributed by atoms with Crippen molar-refractivity contribution in [3.05, 3.63) is 0 Å². The summed E-state index contributed by atoms with van der Waals surface area (Å²) in [5.74, 6) is 2.00.